The van der Waals surface area contributed by atoms with Crippen LogP contribution in [-0.2, 0) is 38.3 Å². The molecule has 2 aromatic carbocycles. The van der Waals surface area contributed by atoms with E-state index in [1.807, 2.05) is 31.2 Å². The molecule has 2 amide bonds. The van der Waals surface area contributed by atoms with Gasteiger partial charge in [-0.05, 0) is 91.3 Å². The van der Waals surface area contributed by atoms with Crippen molar-refractivity contribution in [2.75, 3.05) is 51.7 Å². The number of aromatic nitrogens is 2. The summed E-state index contributed by atoms with van der Waals surface area (Å²) in [4.78, 5) is 30.0. The second kappa shape index (κ2) is 15.1. The lowest BCUT2D eigenvalue weighted by molar-refractivity contribution is -0.0827. The molecule has 2 bridgehead atoms. The van der Waals surface area contributed by atoms with Crippen LogP contribution in [0.2, 0.25) is 5.02 Å². The minimum atomic E-state index is -3.68. The third-order valence-corrected chi connectivity index (χ3v) is 13.5. The van der Waals surface area contributed by atoms with Gasteiger partial charge in [0.25, 0.3) is 11.8 Å². The number of carbonyl (C=O) groups excluding carboxylic acids is 2. The summed E-state index contributed by atoms with van der Waals surface area (Å²) in [5.74, 6) is -0.655. The smallest absolute Gasteiger partial charge is 0.286 e. The number of allylic oxidation sites excluding steroid dienone is 1. The number of carbonyl (C=O) groups is 2. The second-order valence-electron chi connectivity index (χ2n) is 14.9. The maximum absolute atomic E-state index is 14.7. The van der Waals surface area contributed by atoms with Crippen LogP contribution < -0.4 is 19.1 Å². The summed E-state index contributed by atoms with van der Waals surface area (Å²) in [5, 5.41) is 4.87. The molecule has 14 heteroatoms. The average molecular weight is 766 g/mol. The Bertz CT molecular complexity index is 2040. The molecule has 2 aliphatic heterocycles. The molecule has 7 atom stereocenters. The molecule has 3 heterocycles. The van der Waals surface area contributed by atoms with E-state index < -0.39 is 21.7 Å². The first kappa shape index (κ1) is 37.4. The lowest BCUT2D eigenvalue weighted by Gasteiger charge is -2.47. The maximum atomic E-state index is 14.7. The number of amides is 2. The van der Waals surface area contributed by atoms with Crippen molar-refractivity contribution in [3.8, 4) is 11.6 Å². The van der Waals surface area contributed by atoms with Gasteiger partial charge < -0.3 is 23.8 Å². The van der Waals surface area contributed by atoms with E-state index in [1.54, 1.807) is 33.4 Å². The molecule has 1 aromatic heterocycles. The van der Waals surface area contributed by atoms with Crippen LogP contribution in [0.5, 0.6) is 11.6 Å². The van der Waals surface area contributed by atoms with E-state index in [4.69, 9.17) is 30.5 Å². The molecule has 2 aliphatic carbocycles. The number of aryl methyl sites for hydroxylation is 2. The van der Waals surface area contributed by atoms with E-state index in [1.165, 1.54) is 29.1 Å². The van der Waals surface area contributed by atoms with Crippen molar-refractivity contribution < 1.29 is 32.7 Å². The van der Waals surface area contributed by atoms with Gasteiger partial charge >= 0.3 is 0 Å². The Balaban J connectivity index is 1.33. The summed E-state index contributed by atoms with van der Waals surface area (Å²) < 4.78 is 47.0. The van der Waals surface area contributed by atoms with Crippen molar-refractivity contribution in [2.45, 2.75) is 56.7 Å². The Labute approximate surface area is 316 Å². The highest BCUT2D eigenvalue weighted by Gasteiger charge is 2.45. The van der Waals surface area contributed by atoms with Crippen LogP contribution in [-0.4, -0.2) is 84.8 Å². The number of methoxy groups -OCH3 is 3. The number of halogens is 1. The van der Waals surface area contributed by atoms with Gasteiger partial charge in [-0.2, -0.15) is 0 Å². The number of hydrogen-bond donors (Lipinski definition) is 1. The Morgan fingerprint density at radius 1 is 1.11 bits per heavy atom. The second-order valence-corrected chi connectivity index (χ2v) is 17.3. The van der Waals surface area contributed by atoms with Gasteiger partial charge in [0.1, 0.15) is 27.3 Å². The van der Waals surface area contributed by atoms with Crippen LogP contribution in [0.4, 0.5) is 5.69 Å². The predicted octanol–water partition coefficient (Wildman–Crippen LogP) is 5.77. The van der Waals surface area contributed by atoms with Gasteiger partial charge in [0, 0.05) is 56.6 Å². The molecule has 1 saturated carbocycles. The highest BCUT2D eigenvalue weighted by atomic mass is 35.5. The molecular formula is C39H48ClN5O7S. The third kappa shape index (κ3) is 7.45. The maximum Gasteiger partial charge on any atom is 0.286 e. The van der Waals surface area contributed by atoms with Crippen LogP contribution in [0, 0.1) is 17.8 Å². The first-order chi connectivity index (χ1) is 25.4. The molecule has 1 fully saturated rings. The number of rotatable bonds is 5. The van der Waals surface area contributed by atoms with Crippen molar-refractivity contribution in [1.82, 2.24) is 14.5 Å². The van der Waals surface area contributed by atoms with Gasteiger partial charge in [-0.15, -0.1) is 9.46 Å². The highest BCUT2D eigenvalue weighted by molar-refractivity contribution is 7.92. The molecule has 1 N–H and O–H groups in total. The number of hydrogen-bond acceptors (Lipinski definition) is 9. The van der Waals surface area contributed by atoms with Gasteiger partial charge in [-0.1, -0.05) is 36.7 Å². The van der Waals surface area contributed by atoms with E-state index in [0.717, 1.165) is 49.4 Å². The fourth-order valence-corrected chi connectivity index (χ4v) is 10.6. The minimum absolute atomic E-state index is 0.0654. The van der Waals surface area contributed by atoms with Crippen molar-refractivity contribution in [1.29, 1.82) is 0 Å². The number of ether oxygens (including phenoxy) is 4. The Morgan fingerprint density at radius 2 is 1.94 bits per heavy atom. The molecule has 1 unspecified atom stereocenters. The zero-order valence-electron chi connectivity index (χ0n) is 30.9. The molecule has 1 spiro atoms. The van der Waals surface area contributed by atoms with Crippen molar-refractivity contribution in [3.63, 3.8) is 0 Å². The van der Waals surface area contributed by atoms with Gasteiger partial charge in [0.05, 0.1) is 31.3 Å². The van der Waals surface area contributed by atoms with Crippen LogP contribution in [0.3, 0.4) is 0 Å². The predicted molar refractivity (Wildman–Crippen MR) is 203 cm³/mol. The Hall–Kier alpha value is -3.91. The topological polar surface area (TPSA) is 134 Å². The van der Waals surface area contributed by atoms with E-state index in [9.17, 15) is 13.8 Å². The number of nitrogens with zero attached hydrogens (tertiary/aromatic N) is 4. The number of benzene rings is 2. The molecular weight excluding hydrogens is 718 g/mol. The van der Waals surface area contributed by atoms with Crippen LogP contribution in [0.15, 0.2) is 59.1 Å². The molecule has 3 aromatic rings. The molecule has 12 nitrogen and oxygen atoms in total. The van der Waals surface area contributed by atoms with E-state index in [-0.39, 0.29) is 52.2 Å². The largest absolute Gasteiger partial charge is 0.490 e. The van der Waals surface area contributed by atoms with Crippen LogP contribution in [0.25, 0.3) is 0 Å². The van der Waals surface area contributed by atoms with Crippen LogP contribution >= 0.6 is 11.6 Å². The molecule has 0 radical (unpaired) electrons. The molecule has 0 saturated heterocycles. The zero-order valence-corrected chi connectivity index (χ0v) is 32.5. The summed E-state index contributed by atoms with van der Waals surface area (Å²) in [5.41, 5.74) is 3.30. The minimum Gasteiger partial charge on any atom is -0.490 e. The normalized spacial score (nSPS) is 30.5. The lowest BCUT2D eigenvalue weighted by atomic mass is 9.67. The molecule has 4 aliphatic rings. The summed E-state index contributed by atoms with van der Waals surface area (Å²) >= 11 is 6.47. The summed E-state index contributed by atoms with van der Waals surface area (Å²) in [7, 11) is 2.75. The average Bonchev–Trinajstić information content (AvgIpc) is 3.44. The third-order valence-electron chi connectivity index (χ3n) is 11.3. The standard InChI is InChI=1S/C39H48ClN5O7S/c1-24-8-14-34(49-3)35(50-4)29-12-9-27(29)19-45-22-39(16-6-7-25-17-28(40)11-13-31(25)39)23-52-33-15-10-26(18-32(33)45)36(46)42-53(48,21-24)43-37(47)30-20-44(2)41-38(30)51-5/h8,10-11,13-15,17-18,20,24,27,29,34-35H,6-7,9,12,16,19,21-23H2,1-5H3,(H,42,43,46,47,48)/b14-8-/t24-,27-,29+,34-,35-,39-,53?/m0/s1. The zero-order chi connectivity index (χ0) is 37.5. The van der Waals surface area contributed by atoms with Crippen molar-refractivity contribution >= 4 is 39.0 Å². The van der Waals surface area contributed by atoms with Crippen LogP contribution in [0.1, 0.15) is 64.4 Å². The lowest BCUT2D eigenvalue weighted by Crippen LogP contribution is -2.51. The fourth-order valence-electron chi connectivity index (χ4n) is 8.63. The van der Waals surface area contributed by atoms with E-state index in [0.29, 0.717) is 24.8 Å². The van der Waals surface area contributed by atoms with Crippen molar-refractivity contribution in [3.05, 3.63) is 82.0 Å². The van der Waals surface area contributed by atoms with Gasteiger partial charge in [-0.3, -0.25) is 19.0 Å². The van der Waals surface area contributed by atoms with Gasteiger partial charge in [-0.25, -0.2) is 4.21 Å². The SMILES string of the molecule is COc1nn(C)cc1C(=O)NS1(=O)=NC(=O)c2ccc3c(c2)N(C[C@@H]2CC[C@H]2[C@H](OC)[C@@H](OC)/C=C\[C@H](C)C1)C[C@@]1(CCCc2cc(Cl)ccc21)CO3. The van der Waals surface area contributed by atoms with Crippen molar-refractivity contribution in [2.24, 2.45) is 29.2 Å². The summed E-state index contributed by atoms with van der Waals surface area (Å²) in [6.07, 6.45) is 9.64. The van der Waals surface area contributed by atoms with E-state index in [2.05, 4.69) is 31.2 Å². The molecule has 7 rings (SSSR count). The Morgan fingerprint density at radius 3 is 2.68 bits per heavy atom. The first-order valence-corrected chi connectivity index (χ1v) is 20.2. The van der Waals surface area contributed by atoms with E-state index >= 15 is 0 Å². The highest BCUT2D eigenvalue weighted by Crippen LogP contribution is 2.47. The van der Waals surface area contributed by atoms with Gasteiger partial charge in [0.15, 0.2) is 0 Å². The summed E-state index contributed by atoms with van der Waals surface area (Å²) in [6, 6.07) is 11.4. The number of fused-ring (bicyclic) bond motifs is 4. The monoisotopic (exact) mass is 765 g/mol. The molecule has 284 valence electrons. The fraction of sp³-hybridized carbons (Fsp3) is 0.513. The number of nitrogens with one attached hydrogen (secondary N) is 1. The van der Waals surface area contributed by atoms with Gasteiger partial charge in [0.2, 0.25) is 5.88 Å². The quantitative estimate of drug-likeness (QED) is 0.322. The summed E-state index contributed by atoms with van der Waals surface area (Å²) in [6.45, 7) is 3.73. The molecule has 53 heavy (non-hydrogen) atoms. The Kier molecular flexibility index (Phi) is 10.6. The number of anilines is 1. The first-order valence-electron chi connectivity index (χ1n) is 18.2.